The number of hydrogen-bond donors (Lipinski definition) is 0. The molecular weight excluding hydrogens is 212 g/mol. The molecule has 0 heterocycles. The van der Waals surface area contributed by atoms with Crippen molar-refractivity contribution in [3.05, 3.63) is 12.2 Å². The Morgan fingerprint density at radius 1 is 1.35 bits per heavy atom. The van der Waals surface area contributed by atoms with Crippen molar-refractivity contribution in [3.8, 4) is 0 Å². The largest absolute Gasteiger partial charge is 0.300 e. The van der Waals surface area contributed by atoms with Crippen LogP contribution in [0, 0.1) is 17.8 Å². The molecule has 1 saturated carbocycles. The fourth-order valence-corrected chi connectivity index (χ4v) is 2.70. The Bertz CT molecular complexity index is 317. The van der Waals surface area contributed by atoms with E-state index in [0.717, 1.165) is 24.8 Å². The first-order chi connectivity index (χ1) is 7.91. The minimum Gasteiger partial charge on any atom is -0.300 e. The van der Waals surface area contributed by atoms with Crippen LogP contribution in [-0.2, 0) is 9.59 Å². The SMILES string of the molecule is C=C(C)[C@@H]1CC[C@@H](C)[C@@H](CCC(C)=O)C(=O)C1. The highest BCUT2D eigenvalue weighted by Gasteiger charge is 2.31. The lowest BCUT2D eigenvalue weighted by atomic mass is 9.84. The van der Waals surface area contributed by atoms with E-state index < -0.39 is 0 Å². The fraction of sp³-hybridized carbons (Fsp3) is 0.733. The minimum absolute atomic E-state index is 0.0863. The normalized spacial score (nSPS) is 29.8. The maximum atomic E-state index is 12.2. The monoisotopic (exact) mass is 236 g/mol. The summed E-state index contributed by atoms with van der Waals surface area (Å²) in [4.78, 5) is 23.2. The van der Waals surface area contributed by atoms with E-state index in [-0.39, 0.29) is 11.7 Å². The van der Waals surface area contributed by atoms with E-state index in [1.54, 1.807) is 6.92 Å². The Morgan fingerprint density at radius 3 is 2.53 bits per heavy atom. The molecule has 1 rings (SSSR count). The zero-order valence-electron chi connectivity index (χ0n) is 11.3. The van der Waals surface area contributed by atoms with Crippen molar-refractivity contribution in [3.63, 3.8) is 0 Å². The second-order valence-corrected chi connectivity index (χ2v) is 5.62. The molecule has 1 aliphatic carbocycles. The van der Waals surface area contributed by atoms with Gasteiger partial charge in [0.25, 0.3) is 0 Å². The minimum atomic E-state index is 0.0863. The summed E-state index contributed by atoms with van der Waals surface area (Å²) in [5.41, 5.74) is 1.12. The highest BCUT2D eigenvalue weighted by molar-refractivity contribution is 5.83. The van der Waals surface area contributed by atoms with E-state index in [1.807, 2.05) is 6.92 Å². The van der Waals surface area contributed by atoms with Crippen molar-refractivity contribution in [2.24, 2.45) is 17.8 Å². The van der Waals surface area contributed by atoms with E-state index in [4.69, 9.17) is 0 Å². The summed E-state index contributed by atoms with van der Waals surface area (Å²) in [5, 5.41) is 0. The number of Topliss-reactive ketones (excluding diaryl/α,β-unsaturated/α-hetero) is 2. The van der Waals surface area contributed by atoms with Crippen LogP contribution in [0.3, 0.4) is 0 Å². The maximum Gasteiger partial charge on any atom is 0.136 e. The third-order valence-corrected chi connectivity index (χ3v) is 4.02. The molecule has 0 aromatic heterocycles. The molecule has 0 bridgehead atoms. The van der Waals surface area contributed by atoms with E-state index >= 15 is 0 Å². The fourth-order valence-electron chi connectivity index (χ4n) is 2.70. The maximum absolute atomic E-state index is 12.2. The lowest BCUT2D eigenvalue weighted by Gasteiger charge is -2.19. The molecule has 1 aliphatic rings. The summed E-state index contributed by atoms with van der Waals surface area (Å²) in [6.45, 7) is 9.73. The molecule has 0 unspecified atom stereocenters. The van der Waals surface area contributed by atoms with Crippen LogP contribution < -0.4 is 0 Å². The summed E-state index contributed by atoms with van der Waals surface area (Å²) >= 11 is 0. The molecule has 0 spiro atoms. The zero-order chi connectivity index (χ0) is 13.0. The van der Waals surface area contributed by atoms with Crippen molar-refractivity contribution in [1.82, 2.24) is 0 Å². The molecule has 2 nitrogen and oxygen atoms in total. The molecule has 17 heavy (non-hydrogen) atoms. The summed E-state index contributed by atoms with van der Waals surface area (Å²) in [5.74, 6) is 1.37. The molecule has 0 saturated heterocycles. The molecule has 0 amide bonds. The van der Waals surface area contributed by atoms with Crippen molar-refractivity contribution in [2.75, 3.05) is 0 Å². The van der Waals surface area contributed by atoms with Crippen molar-refractivity contribution < 1.29 is 9.59 Å². The summed E-state index contributed by atoms with van der Waals surface area (Å²) in [6, 6.07) is 0. The average molecular weight is 236 g/mol. The Balaban J connectivity index is 2.67. The van der Waals surface area contributed by atoms with Gasteiger partial charge < -0.3 is 4.79 Å². The average Bonchev–Trinajstić information content (AvgIpc) is 2.36. The van der Waals surface area contributed by atoms with Crippen molar-refractivity contribution in [2.45, 2.75) is 52.9 Å². The standard InChI is InChI=1S/C15H24O2/c1-10(2)13-7-5-11(3)14(15(17)9-13)8-6-12(4)16/h11,13-14H,1,5-9H2,2-4H3/t11-,13-,14-/m1/s1. The van der Waals surface area contributed by atoms with Gasteiger partial charge in [0.2, 0.25) is 0 Å². The first-order valence-corrected chi connectivity index (χ1v) is 6.59. The number of hydrogen-bond acceptors (Lipinski definition) is 2. The topological polar surface area (TPSA) is 34.1 Å². The number of carbonyl (C=O) groups excluding carboxylic acids is 2. The van der Waals surface area contributed by atoms with Gasteiger partial charge in [-0.1, -0.05) is 19.1 Å². The van der Waals surface area contributed by atoms with Gasteiger partial charge in [-0.15, -0.1) is 0 Å². The molecule has 96 valence electrons. The quantitative estimate of drug-likeness (QED) is 0.552. The van der Waals surface area contributed by atoms with Crippen LogP contribution in [0.4, 0.5) is 0 Å². The number of allylic oxidation sites excluding steroid dienone is 1. The third kappa shape index (κ3) is 4.10. The number of rotatable bonds is 4. The van der Waals surface area contributed by atoms with Crippen molar-refractivity contribution >= 4 is 11.6 Å². The predicted molar refractivity (Wildman–Crippen MR) is 69.7 cm³/mol. The number of ketones is 2. The van der Waals surface area contributed by atoms with E-state index in [1.165, 1.54) is 0 Å². The lowest BCUT2D eigenvalue weighted by molar-refractivity contribution is -0.125. The Hall–Kier alpha value is -0.920. The Labute approximate surface area is 104 Å². The van der Waals surface area contributed by atoms with Gasteiger partial charge in [0.15, 0.2) is 0 Å². The van der Waals surface area contributed by atoms with Gasteiger partial charge in [0.1, 0.15) is 11.6 Å². The second kappa shape index (κ2) is 6.13. The summed E-state index contributed by atoms with van der Waals surface area (Å²) < 4.78 is 0. The molecule has 0 radical (unpaired) electrons. The third-order valence-electron chi connectivity index (χ3n) is 4.02. The van der Waals surface area contributed by atoms with Gasteiger partial charge in [-0.05, 0) is 44.9 Å². The first-order valence-electron chi connectivity index (χ1n) is 6.59. The van der Waals surface area contributed by atoms with Gasteiger partial charge >= 0.3 is 0 Å². The van der Waals surface area contributed by atoms with Crippen LogP contribution in [0.15, 0.2) is 12.2 Å². The van der Waals surface area contributed by atoms with Gasteiger partial charge in [0, 0.05) is 18.8 Å². The summed E-state index contributed by atoms with van der Waals surface area (Å²) in [7, 11) is 0. The Morgan fingerprint density at radius 2 is 2.00 bits per heavy atom. The van der Waals surface area contributed by atoms with Gasteiger partial charge in [-0.2, -0.15) is 0 Å². The summed E-state index contributed by atoms with van der Waals surface area (Å²) in [6.07, 6.45) is 4.05. The Kier molecular flexibility index (Phi) is 5.10. The molecule has 2 heteroatoms. The van der Waals surface area contributed by atoms with Gasteiger partial charge in [-0.25, -0.2) is 0 Å². The van der Waals surface area contributed by atoms with Crippen LogP contribution in [0.1, 0.15) is 52.9 Å². The van der Waals surface area contributed by atoms with Gasteiger partial charge in [-0.3, -0.25) is 4.79 Å². The lowest BCUT2D eigenvalue weighted by Crippen LogP contribution is -2.21. The van der Waals surface area contributed by atoms with Crippen LogP contribution in [0.2, 0.25) is 0 Å². The molecule has 0 aromatic rings. The predicted octanol–water partition coefficient (Wildman–Crippen LogP) is 3.55. The molecular formula is C15H24O2. The first kappa shape index (κ1) is 14.1. The molecule has 1 fully saturated rings. The van der Waals surface area contributed by atoms with Crippen molar-refractivity contribution in [1.29, 1.82) is 0 Å². The van der Waals surface area contributed by atoms with Crippen LogP contribution in [-0.4, -0.2) is 11.6 Å². The molecule has 0 N–H and O–H groups in total. The molecule has 3 atom stereocenters. The zero-order valence-corrected chi connectivity index (χ0v) is 11.3. The number of carbonyl (C=O) groups is 2. The van der Waals surface area contributed by atoms with E-state index in [9.17, 15) is 9.59 Å². The molecule has 0 aromatic carbocycles. The van der Waals surface area contributed by atoms with Crippen LogP contribution >= 0.6 is 0 Å². The highest BCUT2D eigenvalue weighted by Crippen LogP contribution is 2.34. The molecule has 0 aliphatic heterocycles. The smallest absolute Gasteiger partial charge is 0.136 e. The van der Waals surface area contributed by atoms with Gasteiger partial charge in [0.05, 0.1) is 0 Å². The van der Waals surface area contributed by atoms with Crippen LogP contribution in [0.25, 0.3) is 0 Å². The van der Waals surface area contributed by atoms with E-state index in [2.05, 4.69) is 13.5 Å². The van der Waals surface area contributed by atoms with E-state index in [0.29, 0.717) is 30.5 Å². The second-order valence-electron chi connectivity index (χ2n) is 5.62. The highest BCUT2D eigenvalue weighted by atomic mass is 16.1. The van der Waals surface area contributed by atoms with Crippen LogP contribution in [0.5, 0.6) is 0 Å².